The van der Waals surface area contributed by atoms with Crippen LogP contribution in [0.5, 0.6) is 0 Å². The highest BCUT2D eigenvalue weighted by atomic mass is 79.9. The van der Waals surface area contributed by atoms with Crippen molar-refractivity contribution >= 4 is 48.7 Å². The number of carbonyl (C=O) groups excluding carboxylic acids is 1. The van der Waals surface area contributed by atoms with Gasteiger partial charge in [-0.15, -0.1) is 0 Å². The van der Waals surface area contributed by atoms with Crippen molar-refractivity contribution < 1.29 is 9.18 Å². The molecule has 0 spiro atoms. The van der Waals surface area contributed by atoms with Crippen LogP contribution in [-0.2, 0) is 0 Å². The number of hydrogen-bond acceptors (Lipinski definition) is 3. The Bertz CT molecular complexity index is 1230. The van der Waals surface area contributed by atoms with E-state index in [4.69, 9.17) is 0 Å². The van der Waals surface area contributed by atoms with E-state index in [1.807, 2.05) is 6.07 Å². The van der Waals surface area contributed by atoms with Crippen molar-refractivity contribution in [2.24, 2.45) is 0 Å². The van der Waals surface area contributed by atoms with Crippen molar-refractivity contribution in [2.45, 2.75) is 0 Å². The van der Waals surface area contributed by atoms with Crippen LogP contribution in [0.3, 0.4) is 0 Å². The van der Waals surface area contributed by atoms with Gasteiger partial charge in [0.25, 0.3) is 5.56 Å². The molecule has 0 saturated carbocycles. The van der Waals surface area contributed by atoms with Crippen molar-refractivity contribution in [1.29, 1.82) is 0 Å². The minimum atomic E-state index is -0.454. The van der Waals surface area contributed by atoms with Crippen LogP contribution in [0.4, 0.5) is 4.39 Å². The Morgan fingerprint density at radius 1 is 1.04 bits per heavy atom. The van der Waals surface area contributed by atoms with Gasteiger partial charge in [0.05, 0.1) is 17.4 Å². The third-order valence-corrected chi connectivity index (χ3v) is 5.00. The first-order valence-corrected chi connectivity index (χ1v) is 9.39. The van der Waals surface area contributed by atoms with Crippen LogP contribution in [0.15, 0.2) is 62.5 Å². The molecular weight excluding hydrogens is 481 g/mol. The second-order valence-corrected chi connectivity index (χ2v) is 7.66. The largest absolute Gasteiger partial charge is 0.337 e. The van der Waals surface area contributed by atoms with E-state index in [1.54, 1.807) is 12.1 Å². The standard InChI is InChI=1S/C19H10Br2FN3O2/c20-11-5-10(6-12(21)7-11)14-15-18(23-8-24-19(15)27)25-16(14)17(26)9-1-3-13(22)4-2-9/h1-8H,(H2,23,24,25,27). The number of nitrogens with zero attached hydrogens (tertiary/aromatic N) is 1. The van der Waals surface area contributed by atoms with Gasteiger partial charge in [-0.2, -0.15) is 4.98 Å². The van der Waals surface area contributed by atoms with Gasteiger partial charge < -0.3 is 9.97 Å². The fraction of sp³-hybridized carbons (Fsp3) is 0. The topological polar surface area (TPSA) is 78.6 Å². The first-order chi connectivity index (χ1) is 12.9. The van der Waals surface area contributed by atoms with E-state index in [9.17, 15) is 14.0 Å². The van der Waals surface area contributed by atoms with Gasteiger partial charge in [-0.25, -0.2) is 4.39 Å². The highest BCUT2D eigenvalue weighted by molar-refractivity contribution is 9.11. The number of rotatable bonds is 3. The van der Waals surface area contributed by atoms with Gasteiger partial charge in [0.15, 0.2) is 0 Å². The molecule has 134 valence electrons. The molecule has 0 bridgehead atoms. The van der Waals surface area contributed by atoms with Crippen molar-refractivity contribution in [1.82, 2.24) is 15.0 Å². The SMILES string of the molecule is O=C(c1ccc(F)cc1)c1[nH]c2[nH]cnc(=O)c2c1-c1cc(Br)cc(Br)c1. The Morgan fingerprint density at radius 2 is 1.70 bits per heavy atom. The number of fused-ring (bicyclic) bond motifs is 1. The number of carbonyl (C=O) groups is 1. The van der Waals surface area contributed by atoms with Gasteiger partial charge in [0.1, 0.15) is 11.5 Å². The summed E-state index contributed by atoms with van der Waals surface area (Å²) in [6.45, 7) is 0. The Labute approximate surface area is 168 Å². The molecule has 2 N–H and O–H groups in total. The summed E-state index contributed by atoms with van der Waals surface area (Å²) in [4.78, 5) is 35.1. The van der Waals surface area contributed by atoms with E-state index >= 15 is 0 Å². The quantitative estimate of drug-likeness (QED) is 0.404. The molecule has 0 radical (unpaired) electrons. The molecule has 0 amide bonds. The first kappa shape index (κ1) is 17.8. The number of halogens is 3. The number of aromatic nitrogens is 3. The molecule has 0 unspecified atom stereocenters. The predicted molar refractivity (Wildman–Crippen MR) is 107 cm³/mol. The van der Waals surface area contributed by atoms with Gasteiger partial charge >= 0.3 is 0 Å². The van der Waals surface area contributed by atoms with Gasteiger partial charge in [-0.1, -0.05) is 31.9 Å². The highest BCUT2D eigenvalue weighted by Gasteiger charge is 2.23. The second kappa shape index (κ2) is 6.86. The zero-order valence-corrected chi connectivity index (χ0v) is 16.7. The van der Waals surface area contributed by atoms with Crippen LogP contribution in [0.1, 0.15) is 16.1 Å². The molecule has 0 saturated heterocycles. The number of benzene rings is 2. The molecule has 0 atom stereocenters. The monoisotopic (exact) mass is 489 g/mol. The minimum Gasteiger partial charge on any atom is -0.337 e. The van der Waals surface area contributed by atoms with E-state index < -0.39 is 11.4 Å². The van der Waals surface area contributed by atoms with Crippen molar-refractivity contribution in [2.75, 3.05) is 0 Å². The number of aromatic amines is 2. The van der Waals surface area contributed by atoms with E-state index in [0.717, 1.165) is 8.95 Å². The van der Waals surface area contributed by atoms with Gasteiger partial charge in [0, 0.05) is 20.1 Å². The molecule has 0 fully saturated rings. The summed E-state index contributed by atoms with van der Waals surface area (Å²) in [6, 6.07) is 10.7. The Kier molecular flexibility index (Phi) is 4.53. The molecule has 4 rings (SSSR count). The van der Waals surface area contributed by atoms with Gasteiger partial charge in [-0.05, 0) is 48.0 Å². The Morgan fingerprint density at radius 3 is 2.37 bits per heavy atom. The lowest BCUT2D eigenvalue weighted by atomic mass is 9.98. The Balaban J connectivity index is 2.03. The maximum Gasteiger partial charge on any atom is 0.282 e. The Hall–Kier alpha value is -2.58. The van der Waals surface area contributed by atoms with Crippen molar-refractivity contribution in [3.05, 3.63) is 85.2 Å². The fourth-order valence-corrected chi connectivity index (χ4v) is 4.24. The maximum atomic E-state index is 13.2. The summed E-state index contributed by atoms with van der Waals surface area (Å²) >= 11 is 6.85. The second-order valence-electron chi connectivity index (χ2n) is 5.83. The third kappa shape index (κ3) is 3.26. The normalized spacial score (nSPS) is 11.1. The minimum absolute atomic E-state index is 0.225. The lowest BCUT2D eigenvalue weighted by Crippen LogP contribution is -2.07. The zero-order valence-electron chi connectivity index (χ0n) is 13.5. The van der Waals surface area contributed by atoms with E-state index in [2.05, 4.69) is 46.8 Å². The maximum absolute atomic E-state index is 13.2. The summed E-state index contributed by atoms with van der Waals surface area (Å²) < 4.78 is 14.8. The van der Waals surface area contributed by atoms with Crippen LogP contribution in [0, 0.1) is 5.82 Å². The molecule has 4 aromatic rings. The first-order valence-electron chi connectivity index (χ1n) is 7.80. The molecule has 2 aromatic carbocycles. The van der Waals surface area contributed by atoms with E-state index in [1.165, 1.54) is 30.6 Å². The van der Waals surface area contributed by atoms with Gasteiger partial charge in [-0.3, -0.25) is 9.59 Å². The summed E-state index contributed by atoms with van der Waals surface area (Å²) in [5, 5.41) is 0.285. The summed E-state index contributed by atoms with van der Waals surface area (Å²) in [7, 11) is 0. The molecule has 27 heavy (non-hydrogen) atoms. The van der Waals surface area contributed by atoms with Crippen LogP contribution in [0.25, 0.3) is 22.2 Å². The van der Waals surface area contributed by atoms with Crippen molar-refractivity contribution in [3.63, 3.8) is 0 Å². The van der Waals surface area contributed by atoms with Crippen molar-refractivity contribution in [3.8, 4) is 11.1 Å². The highest BCUT2D eigenvalue weighted by Crippen LogP contribution is 2.34. The molecule has 0 aliphatic carbocycles. The van der Waals surface area contributed by atoms with Crippen LogP contribution >= 0.6 is 31.9 Å². The molecule has 0 aliphatic heterocycles. The third-order valence-electron chi connectivity index (χ3n) is 4.09. The number of H-pyrrole nitrogens is 2. The number of ketones is 1. The number of hydrogen-bond donors (Lipinski definition) is 2. The van der Waals surface area contributed by atoms with Crippen LogP contribution < -0.4 is 5.56 Å². The van der Waals surface area contributed by atoms with Crippen LogP contribution in [-0.4, -0.2) is 20.7 Å². The predicted octanol–water partition coefficient (Wildman–Crippen LogP) is 4.81. The average molecular weight is 491 g/mol. The smallest absolute Gasteiger partial charge is 0.282 e. The summed E-state index contributed by atoms with van der Waals surface area (Å²) in [5.74, 6) is -0.788. The molecule has 5 nitrogen and oxygen atoms in total. The lowest BCUT2D eigenvalue weighted by Gasteiger charge is -2.06. The molecule has 0 aliphatic rings. The van der Waals surface area contributed by atoms with Crippen LogP contribution in [0.2, 0.25) is 0 Å². The molecular formula is C19H10Br2FN3O2. The summed E-state index contributed by atoms with van der Waals surface area (Å²) in [6.07, 6.45) is 1.27. The lowest BCUT2D eigenvalue weighted by molar-refractivity contribution is 0.103. The average Bonchev–Trinajstić information content (AvgIpc) is 3.02. The number of nitrogens with one attached hydrogen (secondary N) is 2. The zero-order chi connectivity index (χ0) is 19.1. The molecule has 2 aromatic heterocycles. The van der Waals surface area contributed by atoms with E-state index in [0.29, 0.717) is 22.3 Å². The summed E-state index contributed by atoms with van der Waals surface area (Å²) in [5.41, 5.74) is 1.57. The molecule has 8 heteroatoms. The van der Waals surface area contributed by atoms with E-state index in [-0.39, 0.29) is 16.9 Å². The molecule has 2 heterocycles. The fourth-order valence-electron chi connectivity index (χ4n) is 2.94. The van der Waals surface area contributed by atoms with Gasteiger partial charge in [0.2, 0.25) is 5.78 Å².